The van der Waals surface area contributed by atoms with Crippen LogP contribution in [0.1, 0.15) is 17.4 Å². The molecule has 0 unspecified atom stereocenters. The number of rotatable bonds is 4. The van der Waals surface area contributed by atoms with Crippen LogP contribution in [0, 0.1) is 0 Å². The third-order valence-corrected chi connectivity index (χ3v) is 5.88. The molecule has 0 radical (unpaired) electrons. The lowest BCUT2D eigenvalue weighted by molar-refractivity contribution is 0.0638. The monoisotopic (exact) mass is 370 g/mol. The summed E-state index contributed by atoms with van der Waals surface area (Å²) in [6.07, 6.45) is 3.86. The van der Waals surface area contributed by atoms with Gasteiger partial charge in [0.2, 0.25) is 0 Å². The van der Waals surface area contributed by atoms with Gasteiger partial charge in [0, 0.05) is 38.6 Å². The number of carbonyl (C=O) groups excluding carboxylic acids is 1. The molecule has 3 aromatic rings. The second kappa shape index (κ2) is 7.09. The van der Waals surface area contributed by atoms with Gasteiger partial charge < -0.3 is 14.5 Å². The van der Waals surface area contributed by atoms with E-state index in [0.717, 1.165) is 53.9 Å². The van der Waals surface area contributed by atoms with Crippen molar-refractivity contribution in [3.8, 4) is 16.2 Å². The Morgan fingerprint density at radius 2 is 2.04 bits per heavy atom. The predicted octanol–water partition coefficient (Wildman–Crippen LogP) is 2.85. The number of piperazine rings is 1. The molecular formula is C19H22N4O2S. The zero-order valence-corrected chi connectivity index (χ0v) is 15.8. The fourth-order valence-electron chi connectivity index (χ4n) is 3.24. The summed E-state index contributed by atoms with van der Waals surface area (Å²) in [7, 11) is 1.67. The molecule has 1 aromatic carbocycles. The van der Waals surface area contributed by atoms with Crippen molar-refractivity contribution in [1.82, 2.24) is 19.2 Å². The number of hydrogen-bond acceptors (Lipinski definition) is 5. The summed E-state index contributed by atoms with van der Waals surface area (Å²) >= 11 is 1.58. The average molecular weight is 370 g/mol. The molecule has 0 aliphatic carbocycles. The van der Waals surface area contributed by atoms with Gasteiger partial charge in [-0.3, -0.25) is 9.20 Å². The normalized spacial score (nSPS) is 15.5. The smallest absolute Gasteiger partial charge is 0.274 e. The van der Waals surface area contributed by atoms with Gasteiger partial charge >= 0.3 is 0 Å². The Bertz CT molecular complexity index is 893. The van der Waals surface area contributed by atoms with Crippen LogP contribution in [-0.4, -0.2) is 64.9 Å². The highest BCUT2D eigenvalue weighted by Crippen LogP contribution is 2.30. The lowest BCUT2D eigenvalue weighted by atomic mass is 10.2. The Balaban J connectivity index is 1.54. The molecule has 2 aromatic heterocycles. The lowest BCUT2D eigenvalue weighted by Crippen LogP contribution is -2.48. The second-order valence-corrected chi connectivity index (χ2v) is 7.38. The van der Waals surface area contributed by atoms with Crippen molar-refractivity contribution in [3.05, 3.63) is 42.4 Å². The molecule has 1 saturated heterocycles. The van der Waals surface area contributed by atoms with E-state index in [1.54, 1.807) is 18.4 Å². The van der Waals surface area contributed by atoms with E-state index in [1.165, 1.54) is 0 Å². The number of amides is 1. The molecule has 7 heteroatoms. The van der Waals surface area contributed by atoms with Gasteiger partial charge in [-0.05, 0) is 24.2 Å². The summed E-state index contributed by atoms with van der Waals surface area (Å²) in [5.41, 5.74) is 1.61. The molecule has 3 heterocycles. The number of methoxy groups -OCH3 is 1. The first-order valence-electron chi connectivity index (χ1n) is 8.82. The topological polar surface area (TPSA) is 50.1 Å². The van der Waals surface area contributed by atoms with Crippen LogP contribution in [0.3, 0.4) is 0 Å². The van der Waals surface area contributed by atoms with Crippen LogP contribution in [0.25, 0.3) is 15.4 Å². The van der Waals surface area contributed by atoms with Gasteiger partial charge in [0.1, 0.15) is 11.4 Å². The Hall–Kier alpha value is -2.38. The summed E-state index contributed by atoms with van der Waals surface area (Å²) in [6, 6.07) is 7.95. The third kappa shape index (κ3) is 3.20. The molecule has 0 atom stereocenters. The highest BCUT2D eigenvalue weighted by atomic mass is 32.1. The molecule has 1 fully saturated rings. The molecule has 1 amide bonds. The van der Waals surface area contributed by atoms with E-state index < -0.39 is 0 Å². The van der Waals surface area contributed by atoms with E-state index in [0.29, 0.717) is 5.69 Å². The first-order valence-corrected chi connectivity index (χ1v) is 9.64. The van der Waals surface area contributed by atoms with Gasteiger partial charge in [-0.15, -0.1) is 0 Å². The minimum atomic E-state index is 0.0274. The number of nitrogens with zero attached hydrogens (tertiary/aromatic N) is 4. The van der Waals surface area contributed by atoms with E-state index in [-0.39, 0.29) is 5.91 Å². The van der Waals surface area contributed by atoms with E-state index in [1.807, 2.05) is 46.0 Å². The maximum atomic E-state index is 12.7. The molecule has 4 rings (SSSR count). The number of imidazole rings is 1. The van der Waals surface area contributed by atoms with Gasteiger partial charge in [-0.1, -0.05) is 30.4 Å². The van der Waals surface area contributed by atoms with E-state index in [9.17, 15) is 4.79 Å². The number of thiazole rings is 1. The second-order valence-electron chi connectivity index (χ2n) is 6.37. The Morgan fingerprint density at radius 3 is 2.73 bits per heavy atom. The van der Waals surface area contributed by atoms with Crippen LogP contribution >= 0.6 is 11.3 Å². The molecule has 0 saturated carbocycles. The average Bonchev–Trinajstić information content (AvgIpc) is 3.27. The number of ether oxygens (including phenoxy) is 1. The van der Waals surface area contributed by atoms with Gasteiger partial charge in [-0.25, -0.2) is 4.98 Å². The fourth-order valence-corrected chi connectivity index (χ4v) is 4.20. The van der Waals surface area contributed by atoms with E-state index in [4.69, 9.17) is 4.74 Å². The standard InChI is InChI=1S/C19H22N4O2S/c1-3-21-7-9-22(10-8-21)18(24)16-12-23-13-17(26-19(23)20-16)14-5-4-6-15(11-14)25-2/h4-6,11-13H,3,7-10H2,1-2H3. The first-order chi connectivity index (χ1) is 12.7. The van der Waals surface area contributed by atoms with E-state index >= 15 is 0 Å². The minimum Gasteiger partial charge on any atom is -0.497 e. The molecule has 1 aliphatic heterocycles. The zero-order chi connectivity index (χ0) is 18.1. The van der Waals surface area contributed by atoms with E-state index in [2.05, 4.69) is 16.8 Å². The number of benzene rings is 1. The highest BCUT2D eigenvalue weighted by molar-refractivity contribution is 7.20. The molecular weight excluding hydrogens is 348 g/mol. The maximum absolute atomic E-state index is 12.7. The van der Waals surface area contributed by atoms with Crippen molar-refractivity contribution in [3.63, 3.8) is 0 Å². The van der Waals surface area contributed by atoms with Gasteiger partial charge in [0.25, 0.3) is 5.91 Å². The molecule has 1 aliphatic rings. The molecule has 0 spiro atoms. The van der Waals surface area contributed by atoms with Crippen LogP contribution in [0.5, 0.6) is 5.75 Å². The number of hydrogen-bond donors (Lipinski definition) is 0. The Kier molecular flexibility index (Phi) is 4.65. The van der Waals surface area contributed by atoms with Crippen LogP contribution in [-0.2, 0) is 0 Å². The summed E-state index contributed by atoms with van der Waals surface area (Å²) in [6.45, 7) is 6.60. The maximum Gasteiger partial charge on any atom is 0.274 e. The number of aromatic nitrogens is 2. The quantitative estimate of drug-likeness (QED) is 0.709. The number of likely N-dealkylation sites (N-methyl/N-ethyl adjacent to an activating group) is 1. The summed E-state index contributed by atoms with van der Waals surface area (Å²) in [5.74, 6) is 0.857. The van der Waals surface area contributed by atoms with Gasteiger partial charge in [0.05, 0.1) is 12.0 Å². The van der Waals surface area contributed by atoms with Crippen LogP contribution in [0.15, 0.2) is 36.7 Å². The Labute approximate surface area is 156 Å². The minimum absolute atomic E-state index is 0.0274. The van der Waals surface area contributed by atoms with Crippen molar-refractivity contribution in [2.24, 2.45) is 0 Å². The summed E-state index contributed by atoms with van der Waals surface area (Å²) in [5, 5.41) is 0. The van der Waals surface area contributed by atoms with Crippen molar-refractivity contribution in [2.75, 3.05) is 39.8 Å². The molecule has 6 nitrogen and oxygen atoms in total. The molecule has 136 valence electrons. The van der Waals surface area contributed by atoms with Gasteiger partial charge in [-0.2, -0.15) is 0 Å². The highest BCUT2D eigenvalue weighted by Gasteiger charge is 2.23. The first kappa shape index (κ1) is 17.1. The van der Waals surface area contributed by atoms with Crippen molar-refractivity contribution in [2.45, 2.75) is 6.92 Å². The number of carbonyl (C=O) groups is 1. The van der Waals surface area contributed by atoms with Crippen LogP contribution < -0.4 is 4.74 Å². The molecule has 0 bridgehead atoms. The number of fused-ring (bicyclic) bond motifs is 1. The van der Waals surface area contributed by atoms with Gasteiger partial charge in [0.15, 0.2) is 4.96 Å². The molecule has 0 N–H and O–H groups in total. The van der Waals surface area contributed by atoms with Crippen molar-refractivity contribution in [1.29, 1.82) is 0 Å². The Morgan fingerprint density at radius 1 is 1.23 bits per heavy atom. The lowest BCUT2D eigenvalue weighted by Gasteiger charge is -2.33. The third-order valence-electron chi connectivity index (χ3n) is 4.84. The molecule has 26 heavy (non-hydrogen) atoms. The van der Waals surface area contributed by atoms with Crippen LogP contribution in [0.4, 0.5) is 0 Å². The zero-order valence-electron chi connectivity index (χ0n) is 15.0. The van der Waals surface area contributed by atoms with Crippen molar-refractivity contribution >= 4 is 22.2 Å². The summed E-state index contributed by atoms with van der Waals surface area (Å²) in [4.78, 5) is 23.5. The van der Waals surface area contributed by atoms with Crippen molar-refractivity contribution < 1.29 is 9.53 Å². The van der Waals surface area contributed by atoms with Crippen LogP contribution in [0.2, 0.25) is 0 Å². The fraction of sp³-hybridized carbons (Fsp3) is 0.368. The largest absolute Gasteiger partial charge is 0.497 e. The summed E-state index contributed by atoms with van der Waals surface area (Å²) < 4.78 is 7.23. The predicted molar refractivity (Wildman–Crippen MR) is 103 cm³/mol. The SMILES string of the molecule is CCN1CCN(C(=O)c2cn3cc(-c4cccc(OC)c4)sc3n2)CC1.